The van der Waals surface area contributed by atoms with Crippen molar-refractivity contribution < 1.29 is 4.74 Å². The SMILES string of the molecule is CN=C(NCC(CC(C)C)N(C)C)NCC(C)(C)OC. The molecule has 0 amide bonds. The Balaban J connectivity index is 4.29. The lowest BCUT2D eigenvalue weighted by Gasteiger charge is -2.28. The van der Waals surface area contributed by atoms with Crippen LogP contribution in [0.2, 0.25) is 0 Å². The van der Waals surface area contributed by atoms with E-state index < -0.39 is 0 Å². The number of hydrogen-bond acceptors (Lipinski definition) is 3. The summed E-state index contributed by atoms with van der Waals surface area (Å²) in [7, 11) is 7.77. The molecule has 0 saturated carbocycles. The van der Waals surface area contributed by atoms with E-state index in [4.69, 9.17) is 4.74 Å². The van der Waals surface area contributed by atoms with Gasteiger partial charge in [-0.2, -0.15) is 0 Å². The van der Waals surface area contributed by atoms with Gasteiger partial charge in [0.1, 0.15) is 0 Å². The molecule has 0 spiro atoms. The Labute approximate surface area is 125 Å². The number of guanidine groups is 1. The Hall–Kier alpha value is -0.810. The van der Waals surface area contributed by atoms with Crippen molar-refractivity contribution in [2.24, 2.45) is 10.9 Å². The number of rotatable bonds is 8. The van der Waals surface area contributed by atoms with Crippen LogP contribution in [-0.4, -0.2) is 63.8 Å². The van der Waals surface area contributed by atoms with E-state index in [-0.39, 0.29) is 5.60 Å². The third kappa shape index (κ3) is 8.38. The molecule has 0 aliphatic carbocycles. The van der Waals surface area contributed by atoms with E-state index in [1.165, 1.54) is 6.42 Å². The Bertz CT molecular complexity index is 288. The van der Waals surface area contributed by atoms with E-state index in [2.05, 4.69) is 62.3 Å². The fourth-order valence-corrected chi connectivity index (χ4v) is 1.82. The number of nitrogens with zero attached hydrogens (tertiary/aromatic N) is 2. The Morgan fingerprint density at radius 2 is 1.85 bits per heavy atom. The van der Waals surface area contributed by atoms with Crippen LogP contribution in [0.4, 0.5) is 0 Å². The minimum Gasteiger partial charge on any atom is -0.377 e. The molecule has 5 nitrogen and oxygen atoms in total. The molecular formula is C15H34N4O. The molecule has 0 radical (unpaired) electrons. The highest BCUT2D eigenvalue weighted by Crippen LogP contribution is 2.08. The van der Waals surface area contributed by atoms with Crippen LogP contribution in [0.1, 0.15) is 34.1 Å². The first kappa shape index (κ1) is 19.2. The van der Waals surface area contributed by atoms with Gasteiger partial charge in [-0.25, -0.2) is 0 Å². The molecule has 0 fully saturated rings. The van der Waals surface area contributed by atoms with Gasteiger partial charge < -0.3 is 20.3 Å². The summed E-state index contributed by atoms with van der Waals surface area (Å²) in [5, 5.41) is 6.70. The van der Waals surface area contributed by atoms with Crippen LogP contribution in [0, 0.1) is 5.92 Å². The molecule has 20 heavy (non-hydrogen) atoms. The van der Waals surface area contributed by atoms with Gasteiger partial charge in [-0.1, -0.05) is 13.8 Å². The van der Waals surface area contributed by atoms with Crippen LogP contribution in [0.3, 0.4) is 0 Å². The van der Waals surface area contributed by atoms with Gasteiger partial charge in [0.15, 0.2) is 5.96 Å². The maximum atomic E-state index is 5.40. The van der Waals surface area contributed by atoms with E-state index >= 15 is 0 Å². The molecule has 0 heterocycles. The van der Waals surface area contributed by atoms with Crippen LogP contribution in [-0.2, 0) is 4.74 Å². The molecule has 0 bridgehead atoms. The third-order valence-electron chi connectivity index (χ3n) is 3.44. The number of nitrogens with one attached hydrogen (secondary N) is 2. The topological polar surface area (TPSA) is 48.9 Å². The number of aliphatic imine (C=N–C) groups is 1. The fraction of sp³-hybridized carbons (Fsp3) is 0.933. The Kier molecular flexibility index (Phi) is 8.81. The summed E-state index contributed by atoms with van der Waals surface area (Å²) >= 11 is 0. The number of ether oxygens (including phenoxy) is 1. The summed E-state index contributed by atoms with van der Waals surface area (Å²) < 4.78 is 5.40. The summed E-state index contributed by atoms with van der Waals surface area (Å²) in [6.45, 7) is 10.2. The van der Waals surface area contributed by atoms with Crippen molar-refractivity contribution in [1.82, 2.24) is 15.5 Å². The highest BCUT2D eigenvalue weighted by molar-refractivity contribution is 5.79. The van der Waals surface area contributed by atoms with Crippen molar-refractivity contribution in [3.8, 4) is 0 Å². The van der Waals surface area contributed by atoms with Crippen LogP contribution < -0.4 is 10.6 Å². The molecule has 2 N–H and O–H groups in total. The maximum absolute atomic E-state index is 5.40. The first-order valence-electron chi connectivity index (χ1n) is 7.38. The first-order valence-corrected chi connectivity index (χ1v) is 7.38. The van der Waals surface area contributed by atoms with Gasteiger partial charge in [0.25, 0.3) is 0 Å². The van der Waals surface area contributed by atoms with Crippen molar-refractivity contribution >= 4 is 5.96 Å². The van der Waals surface area contributed by atoms with Crippen molar-refractivity contribution in [2.45, 2.75) is 45.8 Å². The second-order valence-corrected chi connectivity index (χ2v) is 6.52. The van der Waals surface area contributed by atoms with Crippen LogP contribution in [0.15, 0.2) is 4.99 Å². The minimum absolute atomic E-state index is 0.198. The molecule has 0 saturated heterocycles. The predicted octanol–water partition coefficient (Wildman–Crippen LogP) is 1.55. The number of likely N-dealkylation sites (N-methyl/N-ethyl adjacent to an activating group) is 1. The monoisotopic (exact) mass is 286 g/mol. The van der Waals surface area contributed by atoms with Crippen LogP contribution in [0.5, 0.6) is 0 Å². The molecular weight excluding hydrogens is 252 g/mol. The molecule has 5 heteroatoms. The Morgan fingerprint density at radius 1 is 1.25 bits per heavy atom. The normalized spacial score (nSPS) is 14.8. The smallest absolute Gasteiger partial charge is 0.191 e. The molecule has 120 valence electrons. The standard InChI is InChI=1S/C15H34N4O/c1-12(2)9-13(19(6)7)10-17-14(16-5)18-11-15(3,4)20-8/h12-13H,9-11H2,1-8H3,(H2,16,17,18). The molecule has 0 aliphatic heterocycles. The van der Waals surface area contributed by atoms with E-state index in [0.717, 1.165) is 19.0 Å². The quantitative estimate of drug-likeness (QED) is 0.525. The lowest BCUT2D eigenvalue weighted by Crippen LogP contribution is -2.49. The summed E-state index contributed by atoms with van der Waals surface area (Å²) in [5.41, 5.74) is -0.198. The zero-order chi connectivity index (χ0) is 15.8. The van der Waals surface area contributed by atoms with Gasteiger partial charge in [-0.15, -0.1) is 0 Å². The van der Waals surface area contributed by atoms with Gasteiger partial charge in [0, 0.05) is 33.3 Å². The van der Waals surface area contributed by atoms with Crippen molar-refractivity contribution in [3.05, 3.63) is 0 Å². The van der Waals surface area contributed by atoms with Gasteiger partial charge in [0.05, 0.1) is 5.60 Å². The number of methoxy groups -OCH3 is 1. The minimum atomic E-state index is -0.198. The summed E-state index contributed by atoms with van der Waals surface area (Å²) in [6.07, 6.45) is 1.17. The summed E-state index contributed by atoms with van der Waals surface area (Å²) in [6, 6.07) is 0.504. The average Bonchev–Trinajstić information content (AvgIpc) is 2.36. The third-order valence-corrected chi connectivity index (χ3v) is 3.44. The first-order chi connectivity index (χ1) is 9.21. The lowest BCUT2D eigenvalue weighted by molar-refractivity contribution is 0.0268. The molecule has 0 rings (SSSR count). The zero-order valence-electron chi connectivity index (χ0n) is 14.6. The van der Waals surface area contributed by atoms with Crippen LogP contribution in [0.25, 0.3) is 0 Å². The van der Waals surface area contributed by atoms with Crippen molar-refractivity contribution in [2.75, 3.05) is 41.3 Å². The zero-order valence-corrected chi connectivity index (χ0v) is 14.6. The molecule has 0 aromatic heterocycles. The number of hydrogen-bond donors (Lipinski definition) is 2. The van der Waals surface area contributed by atoms with Crippen molar-refractivity contribution in [3.63, 3.8) is 0 Å². The average molecular weight is 286 g/mol. The highest BCUT2D eigenvalue weighted by atomic mass is 16.5. The predicted molar refractivity (Wildman–Crippen MR) is 87.4 cm³/mol. The highest BCUT2D eigenvalue weighted by Gasteiger charge is 2.17. The van der Waals surface area contributed by atoms with Gasteiger partial charge in [-0.3, -0.25) is 4.99 Å². The second kappa shape index (κ2) is 9.19. The summed E-state index contributed by atoms with van der Waals surface area (Å²) in [4.78, 5) is 6.52. The van der Waals surface area contributed by atoms with Gasteiger partial charge in [-0.05, 0) is 40.3 Å². The van der Waals surface area contributed by atoms with Gasteiger partial charge in [0.2, 0.25) is 0 Å². The van der Waals surface area contributed by atoms with E-state index in [1.807, 2.05) is 0 Å². The second-order valence-electron chi connectivity index (χ2n) is 6.52. The van der Waals surface area contributed by atoms with E-state index in [1.54, 1.807) is 14.2 Å². The molecule has 1 atom stereocenters. The molecule has 0 aromatic rings. The maximum Gasteiger partial charge on any atom is 0.191 e. The molecule has 1 unspecified atom stereocenters. The fourth-order valence-electron chi connectivity index (χ4n) is 1.82. The van der Waals surface area contributed by atoms with Gasteiger partial charge >= 0.3 is 0 Å². The Morgan fingerprint density at radius 3 is 2.25 bits per heavy atom. The largest absolute Gasteiger partial charge is 0.377 e. The van der Waals surface area contributed by atoms with E-state index in [9.17, 15) is 0 Å². The summed E-state index contributed by atoms with van der Waals surface area (Å²) in [5.74, 6) is 1.51. The molecule has 0 aliphatic rings. The lowest BCUT2D eigenvalue weighted by atomic mass is 10.0. The van der Waals surface area contributed by atoms with Crippen LogP contribution >= 0.6 is 0 Å². The van der Waals surface area contributed by atoms with E-state index in [0.29, 0.717) is 12.0 Å². The van der Waals surface area contributed by atoms with Crippen molar-refractivity contribution in [1.29, 1.82) is 0 Å². The molecule has 0 aromatic carbocycles.